The first-order valence-corrected chi connectivity index (χ1v) is 8.88. The molecule has 2 aromatic carbocycles. The van der Waals surface area contributed by atoms with Crippen LogP contribution < -0.4 is 10.1 Å². The van der Waals surface area contributed by atoms with Gasteiger partial charge in [0.1, 0.15) is 18.0 Å². The van der Waals surface area contributed by atoms with Crippen LogP contribution in [-0.4, -0.2) is 31.7 Å². The zero-order valence-corrected chi connectivity index (χ0v) is 16.3. The van der Waals surface area contributed by atoms with Crippen molar-refractivity contribution in [2.24, 2.45) is 0 Å². The summed E-state index contributed by atoms with van der Waals surface area (Å²) in [5.41, 5.74) is 0.709. The van der Waals surface area contributed by atoms with E-state index >= 15 is 0 Å². The van der Waals surface area contributed by atoms with Gasteiger partial charge in [-0.2, -0.15) is 5.10 Å². The SMILES string of the molecule is Cc1cc(Oc2cc(NC(=O)c3cnn(CC(=O)O)c3)cc([N+](=O)[O-])c2)ccc1Cl. The van der Waals surface area contributed by atoms with Gasteiger partial charge in [0.25, 0.3) is 11.6 Å². The molecule has 0 radical (unpaired) electrons. The Morgan fingerprint density at radius 3 is 2.70 bits per heavy atom. The van der Waals surface area contributed by atoms with Gasteiger partial charge in [0.15, 0.2) is 0 Å². The van der Waals surface area contributed by atoms with Crippen molar-refractivity contribution in [3.8, 4) is 11.5 Å². The van der Waals surface area contributed by atoms with Crippen molar-refractivity contribution < 1.29 is 24.4 Å². The predicted molar refractivity (Wildman–Crippen MR) is 107 cm³/mol. The second kappa shape index (κ2) is 8.62. The second-order valence-electron chi connectivity index (χ2n) is 6.26. The number of amides is 1. The number of ether oxygens (including phenoxy) is 1. The first-order chi connectivity index (χ1) is 14.2. The number of anilines is 1. The van der Waals surface area contributed by atoms with Gasteiger partial charge in [-0.1, -0.05) is 11.6 Å². The summed E-state index contributed by atoms with van der Waals surface area (Å²) in [4.78, 5) is 33.8. The number of aryl methyl sites for hydroxylation is 1. The third-order valence-electron chi connectivity index (χ3n) is 3.92. The molecule has 3 rings (SSSR count). The number of benzene rings is 2. The van der Waals surface area contributed by atoms with Crippen LogP contribution in [0.2, 0.25) is 5.02 Å². The summed E-state index contributed by atoms with van der Waals surface area (Å²) in [6.07, 6.45) is 2.46. The maximum atomic E-state index is 12.4. The third kappa shape index (κ3) is 5.11. The lowest BCUT2D eigenvalue weighted by molar-refractivity contribution is -0.384. The molecule has 0 aliphatic carbocycles. The summed E-state index contributed by atoms with van der Waals surface area (Å²) in [6.45, 7) is 1.39. The molecule has 0 unspecified atom stereocenters. The van der Waals surface area contributed by atoms with Gasteiger partial charge in [0, 0.05) is 23.4 Å². The fraction of sp³-hybridized carbons (Fsp3) is 0.105. The van der Waals surface area contributed by atoms with Crippen LogP contribution in [0.15, 0.2) is 48.8 Å². The van der Waals surface area contributed by atoms with Gasteiger partial charge >= 0.3 is 5.97 Å². The Morgan fingerprint density at radius 2 is 2.03 bits per heavy atom. The van der Waals surface area contributed by atoms with E-state index in [1.807, 2.05) is 0 Å². The van der Waals surface area contributed by atoms with Crippen LogP contribution in [0.25, 0.3) is 0 Å². The highest BCUT2D eigenvalue weighted by Gasteiger charge is 2.15. The lowest BCUT2D eigenvalue weighted by atomic mass is 10.2. The summed E-state index contributed by atoms with van der Waals surface area (Å²) < 4.78 is 6.77. The lowest BCUT2D eigenvalue weighted by Gasteiger charge is -2.10. The Bertz CT molecular complexity index is 1140. The fourth-order valence-electron chi connectivity index (χ4n) is 2.55. The highest BCUT2D eigenvalue weighted by atomic mass is 35.5. The Kier molecular flexibility index (Phi) is 5.98. The number of carbonyl (C=O) groups excluding carboxylic acids is 1. The standard InChI is InChI=1S/C19H15ClN4O6/c1-11-4-15(2-3-17(11)20)30-16-6-13(5-14(7-16)24(28)29)22-19(27)12-8-21-23(9-12)10-18(25)26/h2-9H,10H2,1H3,(H,22,27)(H,25,26). The number of aliphatic carboxylic acids is 1. The van der Waals surface area contributed by atoms with Gasteiger partial charge in [0.2, 0.25) is 0 Å². The molecule has 0 aliphatic heterocycles. The molecule has 0 spiro atoms. The maximum Gasteiger partial charge on any atom is 0.325 e. The molecule has 0 atom stereocenters. The van der Waals surface area contributed by atoms with E-state index in [4.69, 9.17) is 21.4 Å². The Balaban J connectivity index is 1.84. The van der Waals surface area contributed by atoms with E-state index in [-0.39, 0.29) is 22.7 Å². The molecular formula is C19H15ClN4O6. The van der Waals surface area contributed by atoms with Crippen LogP contribution in [0.1, 0.15) is 15.9 Å². The molecule has 30 heavy (non-hydrogen) atoms. The van der Waals surface area contributed by atoms with Crippen LogP contribution in [-0.2, 0) is 11.3 Å². The van der Waals surface area contributed by atoms with Crippen LogP contribution in [0.5, 0.6) is 11.5 Å². The third-order valence-corrected chi connectivity index (χ3v) is 4.34. The molecule has 2 N–H and O–H groups in total. The van der Waals surface area contributed by atoms with Gasteiger partial charge in [-0.05, 0) is 30.7 Å². The first-order valence-electron chi connectivity index (χ1n) is 8.50. The number of carboxylic acid groups (broad SMARTS) is 1. The minimum Gasteiger partial charge on any atom is -0.480 e. The number of nitro benzene ring substituents is 1. The number of carboxylic acids is 1. The van der Waals surface area contributed by atoms with Crippen molar-refractivity contribution >= 4 is 34.9 Å². The van der Waals surface area contributed by atoms with Gasteiger partial charge in [-0.25, -0.2) is 0 Å². The Labute approximate surface area is 174 Å². The van der Waals surface area contributed by atoms with E-state index < -0.39 is 23.3 Å². The summed E-state index contributed by atoms with van der Waals surface area (Å²) in [7, 11) is 0. The van der Waals surface area contributed by atoms with E-state index in [0.29, 0.717) is 10.8 Å². The van der Waals surface area contributed by atoms with E-state index in [1.54, 1.807) is 25.1 Å². The summed E-state index contributed by atoms with van der Waals surface area (Å²) in [5.74, 6) is -1.16. The highest BCUT2D eigenvalue weighted by Crippen LogP contribution is 2.31. The predicted octanol–water partition coefficient (Wildman–Crippen LogP) is 3.88. The molecule has 0 fully saturated rings. The van der Waals surface area contributed by atoms with E-state index in [0.717, 1.165) is 10.2 Å². The Morgan fingerprint density at radius 1 is 1.27 bits per heavy atom. The largest absolute Gasteiger partial charge is 0.480 e. The number of carbonyl (C=O) groups is 2. The maximum absolute atomic E-state index is 12.4. The van der Waals surface area contributed by atoms with Crippen LogP contribution in [0, 0.1) is 17.0 Å². The number of hydrogen-bond donors (Lipinski definition) is 2. The minimum absolute atomic E-state index is 0.0959. The molecule has 3 aromatic rings. The fourth-order valence-corrected chi connectivity index (χ4v) is 2.66. The van der Waals surface area contributed by atoms with E-state index in [1.165, 1.54) is 30.6 Å². The number of nitrogens with one attached hydrogen (secondary N) is 1. The topological polar surface area (TPSA) is 137 Å². The van der Waals surface area contributed by atoms with Crippen LogP contribution >= 0.6 is 11.6 Å². The number of halogens is 1. The Hall–Kier alpha value is -3.92. The van der Waals surface area contributed by atoms with Gasteiger partial charge in [-0.15, -0.1) is 0 Å². The molecule has 0 bridgehead atoms. The quantitative estimate of drug-likeness (QED) is 0.428. The summed E-state index contributed by atoms with van der Waals surface area (Å²) in [5, 5.41) is 26.9. The second-order valence-corrected chi connectivity index (χ2v) is 6.67. The van der Waals surface area contributed by atoms with Crippen molar-refractivity contribution in [2.75, 3.05) is 5.32 Å². The van der Waals surface area contributed by atoms with E-state index in [9.17, 15) is 19.7 Å². The average molecular weight is 431 g/mol. The molecule has 0 saturated carbocycles. The molecule has 1 aromatic heterocycles. The molecule has 0 saturated heterocycles. The highest BCUT2D eigenvalue weighted by molar-refractivity contribution is 6.31. The molecule has 1 amide bonds. The normalized spacial score (nSPS) is 10.5. The molecule has 0 aliphatic rings. The molecule has 1 heterocycles. The monoisotopic (exact) mass is 430 g/mol. The number of rotatable bonds is 7. The van der Waals surface area contributed by atoms with E-state index in [2.05, 4.69) is 10.4 Å². The van der Waals surface area contributed by atoms with Gasteiger partial charge in [0.05, 0.1) is 28.4 Å². The van der Waals surface area contributed by atoms with Crippen LogP contribution in [0.4, 0.5) is 11.4 Å². The first kappa shape index (κ1) is 20.8. The molecular weight excluding hydrogens is 416 g/mol. The van der Waals surface area contributed by atoms with Crippen molar-refractivity contribution in [1.29, 1.82) is 0 Å². The van der Waals surface area contributed by atoms with Crippen molar-refractivity contribution in [2.45, 2.75) is 13.5 Å². The number of non-ortho nitro benzene ring substituents is 1. The number of nitrogens with zero attached hydrogens (tertiary/aromatic N) is 3. The summed E-state index contributed by atoms with van der Waals surface area (Å²) >= 11 is 5.99. The number of hydrogen-bond acceptors (Lipinski definition) is 6. The lowest BCUT2D eigenvalue weighted by Crippen LogP contribution is -2.12. The smallest absolute Gasteiger partial charge is 0.325 e. The van der Waals surface area contributed by atoms with Gasteiger partial charge < -0.3 is 15.2 Å². The minimum atomic E-state index is -1.11. The van der Waals surface area contributed by atoms with Crippen LogP contribution in [0.3, 0.4) is 0 Å². The zero-order chi connectivity index (χ0) is 21.8. The molecule has 154 valence electrons. The molecule has 10 nitrogen and oxygen atoms in total. The average Bonchev–Trinajstić information content (AvgIpc) is 3.12. The zero-order valence-electron chi connectivity index (χ0n) is 15.5. The van der Waals surface area contributed by atoms with Gasteiger partial charge in [-0.3, -0.25) is 24.4 Å². The molecule has 11 heteroatoms. The number of aromatic nitrogens is 2. The number of nitro groups is 1. The van der Waals surface area contributed by atoms with Crippen molar-refractivity contribution in [3.05, 3.63) is 75.1 Å². The summed E-state index contributed by atoms with van der Waals surface area (Å²) in [6, 6.07) is 8.76. The van der Waals surface area contributed by atoms with Crippen molar-refractivity contribution in [3.63, 3.8) is 0 Å². The van der Waals surface area contributed by atoms with Crippen molar-refractivity contribution in [1.82, 2.24) is 9.78 Å².